The van der Waals surface area contributed by atoms with Gasteiger partial charge in [0.1, 0.15) is 6.54 Å². The van der Waals surface area contributed by atoms with Gasteiger partial charge in [0.2, 0.25) is 17.3 Å². The van der Waals surface area contributed by atoms with Gasteiger partial charge in [0.25, 0.3) is 11.8 Å². The van der Waals surface area contributed by atoms with Crippen LogP contribution >= 0.6 is 0 Å². The molecule has 128 valence electrons. The highest BCUT2D eigenvalue weighted by molar-refractivity contribution is 6.04. The average Bonchev–Trinajstić information content (AvgIpc) is 3.11. The summed E-state index contributed by atoms with van der Waals surface area (Å²) in [7, 11) is 0. The van der Waals surface area contributed by atoms with Crippen LogP contribution in [0.25, 0.3) is 0 Å². The number of carbonyl (C=O) groups is 3. The fourth-order valence-corrected chi connectivity index (χ4v) is 3.47. The highest BCUT2D eigenvalue weighted by Crippen LogP contribution is 2.33. The van der Waals surface area contributed by atoms with E-state index < -0.39 is 11.8 Å². The molecule has 3 heterocycles. The molecule has 3 amide bonds. The lowest BCUT2D eigenvalue weighted by Crippen LogP contribution is -2.55. The number of rotatable bonds is 2. The fraction of sp³-hybridized carbons (Fsp3) is 0.312. The van der Waals surface area contributed by atoms with Crippen LogP contribution in [-0.2, 0) is 11.2 Å². The van der Waals surface area contributed by atoms with Crippen LogP contribution in [0.15, 0.2) is 28.9 Å². The average molecular weight is 341 g/mol. The molecular formula is C16H15N5O4. The van der Waals surface area contributed by atoms with E-state index in [2.05, 4.69) is 14.9 Å². The Bertz CT molecular complexity index is 877. The van der Waals surface area contributed by atoms with Crippen LogP contribution in [0.5, 0.6) is 0 Å². The van der Waals surface area contributed by atoms with E-state index in [1.54, 1.807) is 4.90 Å². The molecule has 25 heavy (non-hydrogen) atoms. The summed E-state index contributed by atoms with van der Waals surface area (Å²) in [6.07, 6.45) is 0.797. The minimum Gasteiger partial charge on any atom is -0.364 e. The minimum atomic E-state index is -0.905. The van der Waals surface area contributed by atoms with Gasteiger partial charge in [-0.15, -0.1) is 0 Å². The number of hydrogen-bond donors (Lipinski definition) is 1. The molecule has 1 unspecified atom stereocenters. The second kappa shape index (κ2) is 5.69. The number of nitrogens with two attached hydrogens (primary N) is 1. The van der Waals surface area contributed by atoms with Crippen molar-refractivity contribution in [3.05, 3.63) is 46.8 Å². The third-order valence-electron chi connectivity index (χ3n) is 4.66. The van der Waals surface area contributed by atoms with Crippen molar-refractivity contribution < 1.29 is 19.0 Å². The van der Waals surface area contributed by atoms with Crippen molar-refractivity contribution in [1.82, 2.24) is 20.1 Å². The molecule has 2 aromatic rings. The molecule has 0 radical (unpaired) electrons. The van der Waals surface area contributed by atoms with E-state index in [0.29, 0.717) is 13.1 Å². The predicted molar refractivity (Wildman–Crippen MR) is 83.3 cm³/mol. The molecule has 0 aliphatic carbocycles. The van der Waals surface area contributed by atoms with Crippen molar-refractivity contribution in [2.24, 2.45) is 5.73 Å². The van der Waals surface area contributed by atoms with E-state index in [1.165, 1.54) is 10.5 Å². The standard InChI is InChI=1S/C16H15N5O4/c17-15(23)13-14(19-25-18-13)16(24)20-7-11-10-4-2-1-3-9(10)5-6-21(11)12(22)8-20/h1-4,11H,5-8H2,(H2,17,23). The van der Waals surface area contributed by atoms with Crippen LogP contribution in [-0.4, -0.2) is 57.5 Å². The third kappa shape index (κ3) is 2.44. The van der Waals surface area contributed by atoms with E-state index in [-0.39, 0.29) is 29.9 Å². The smallest absolute Gasteiger partial charge is 0.279 e. The number of amides is 3. The van der Waals surface area contributed by atoms with Gasteiger partial charge in [-0.2, -0.15) is 0 Å². The van der Waals surface area contributed by atoms with Crippen molar-refractivity contribution in [1.29, 1.82) is 0 Å². The molecule has 2 N–H and O–H groups in total. The summed E-state index contributed by atoms with van der Waals surface area (Å²) in [4.78, 5) is 39.7. The van der Waals surface area contributed by atoms with Crippen LogP contribution in [0, 0.1) is 0 Å². The molecule has 0 saturated carbocycles. The highest BCUT2D eigenvalue weighted by atomic mass is 16.6. The Morgan fingerprint density at radius 1 is 1.20 bits per heavy atom. The van der Waals surface area contributed by atoms with Gasteiger partial charge in [-0.25, -0.2) is 4.63 Å². The van der Waals surface area contributed by atoms with Crippen molar-refractivity contribution >= 4 is 17.7 Å². The van der Waals surface area contributed by atoms with Gasteiger partial charge in [0, 0.05) is 13.1 Å². The van der Waals surface area contributed by atoms with Gasteiger partial charge in [0.15, 0.2) is 0 Å². The predicted octanol–water partition coefficient (Wildman–Crippen LogP) is -0.250. The fourth-order valence-electron chi connectivity index (χ4n) is 3.47. The Hall–Kier alpha value is -3.23. The largest absolute Gasteiger partial charge is 0.364 e. The van der Waals surface area contributed by atoms with Crippen molar-refractivity contribution in [2.75, 3.05) is 19.6 Å². The maximum Gasteiger partial charge on any atom is 0.279 e. The molecular weight excluding hydrogens is 326 g/mol. The van der Waals surface area contributed by atoms with E-state index in [4.69, 9.17) is 5.73 Å². The van der Waals surface area contributed by atoms with E-state index >= 15 is 0 Å². The normalized spacial score (nSPS) is 19.4. The maximum atomic E-state index is 12.7. The first kappa shape index (κ1) is 15.3. The molecule has 2 aliphatic rings. The molecule has 1 aromatic carbocycles. The molecule has 9 heteroatoms. The molecule has 1 fully saturated rings. The molecule has 0 bridgehead atoms. The second-order valence-electron chi connectivity index (χ2n) is 6.06. The summed E-state index contributed by atoms with van der Waals surface area (Å²) in [6, 6.07) is 7.67. The third-order valence-corrected chi connectivity index (χ3v) is 4.66. The monoisotopic (exact) mass is 341 g/mol. The Morgan fingerprint density at radius 3 is 2.76 bits per heavy atom. The molecule has 0 spiro atoms. The number of fused-ring (bicyclic) bond motifs is 3. The Kier molecular flexibility index (Phi) is 3.48. The van der Waals surface area contributed by atoms with Gasteiger partial charge >= 0.3 is 0 Å². The number of nitrogens with zero attached hydrogens (tertiary/aromatic N) is 4. The minimum absolute atomic E-state index is 0.0808. The van der Waals surface area contributed by atoms with Crippen LogP contribution in [0.1, 0.15) is 38.1 Å². The lowest BCUT2D eigenvalue weighted by molar-refractivity contribution is -0.139. The quantitative estimate of drug-likeness (QED) is 0.803. The molecule has 1 saturated heterocycles. The first-order valence-corrected chi connectivity index (χ1v) is 7.85. The SMILES string of the molecule is NC(=O)c1nonc1C(=O)N1CC(=O)N2CCc3ccccc3C2C1. The van der Waals surface area contributed by atoms with Gasteiger partial charge in [-0.3, -0.25) is 14.4 Å². The zero-order chi connectivity index (χ0) is 17.6. The Balaban J connectivity index is 1.66. The molecule has 9 nitrogen and oxygen atoms in total. The Morgan fingerprint density at radius 2 is 1.96 bits per heavy atom. The summed E-state index contributed by atoms with van der Waals surface area (Å²) < 4.78 is 4.46. The van der Waals surface area contributed by atoms with Crippen LogP contribution in [0.3, 0.4) is 0 Å². The topological polar surface area (TPSA) is 123 Å². The molecule has 2 aliphatic heterocycles. The summed E-state index contributed by atoms with van der Waals surface area (Å²) in [6.45, 7) is 0.857. The van der Waals surface area contributed by atoms with E-state index in [9.17, 15) is 14.4 Å². The summed E-state index contributed by atoms with van der Waals surface area (Å²) in [5.74, 6) is -1.64. The number of carbonyl (C=O) groups excluding carboxylic acids is 3. The van der Waals surface area contributed by atoms with Gasteiger partial charge < -0.3 is 15.5 Å². The van der Waals surface area contributed by atoms with Crippen LogP contribution < -0.4 is 5.73 Å². The highest BCUT2D eigenvalue weighted by Gasteiger charge is 2.40. The molecule has 1 atom stereocenters. The van der Waals surface area contributed by atoms with Gasteiger partial charge in [0.05, 0.1) is 6.04 Å². The first-order valence-electron chi connectivity index (χ1n) is 7.85. The lowest BCUT2D eigenvalue weighted by Gasteiger charge is -2.44. The lowest BCUT2D eigenvalue weighted by atomic mass is 9.90. The zero-order valence-electron chi connectivity index (χ0n) is 13.2. The maximum absolute atomic E-state index is 12.7. The van der Waals surface area contributed by atoms with Gasteiger partial charge in [-0.05, 0) is 27.9 Å². The number of primary amides is 1. The van der Waals surface area contributed by atoms with Crippen molar-refractivity contribution in [3.8, 4) is 0 Å². The zero-order valence-corrected chi connectivity index (χ0v) is 13.2. The number of benzene rings is 1. The second-order valence-corrected chi connectivity index (χ2v) is 6.06. The van der Waals surface area contributed by atoms with Gasteiger partial charge in [-0.1, -0.05) is 24.3 Å². The molecule has 1 aromatic heterocycles. The van der Waals surface area contributed by atoms with Crippen molar-refractivity contribution in [3.63, 3.8) is 0 Å². The Labute approximate surface area is 142 Å². The van der Waals surface area contributed by atoms with E-state index in [1.807, 2.05) is 24.3 Å². The number of aromatic nitrogens is 2. The number of hydrogen-bond acceptors (Lipinski definition) is 6. The number of piperazine rings is 1. The molecule has 4 rings (SSSR count). The summed E-state index contributed by atoms with van der Waals surface area (Å²) in [5, 5.41) is 6.85. The summed E-state index contributed by atoms with van der Waals surface area (Å²) in [5.41, 5.74) is 6.79. The van der Waals surface area contributed by atoms with Crippen LogP contribution in [0.4, 0.5) is 0 Å². The van der Waals surface area contributed by atoms with E-state index in [0.717, 1.165) is 12.0 Å². The first-order chi connectivity index (χ1) is 12.1. The summed E-state index contributed by atoms with van der Waals surface area (Å²) >= 11 is 0. The van der Waals surface area contributed by atoms with Crippen LogP contribution in [0.2, 0.25) is 0 Å². The van der Waals surface area contributed by atoms with Crippen molar-refractivity contribution in [2.45, 2.75) is 12.5 Å².